The Morgan fingerprint density at radius 1 is 1.31 bits per heavy atom. The Kier molecular flexibility index (Phi) is 3.18. The number of likely N-dealkylation sites (N-methyl/N-ethyl adjacent to an activating group) is 1. The van der Waals surface area contributed by atoms with Gasteiger partial charge < -0.3 is 10.1 Å². The molecule has 2 N–H and O–H groups in total. The summed E-state index contributed by atoms with van der Waals surface area (Å²) in [5.74, 6) is -0.873. The SMILES string of the molecule is CNC1COCC1C(=O)NS(=O)(=O)C1CC1. The van der Waals surface area contributed by atoms with Crippen LogP contribution in [0.25, 0.3) is 0 Å². The van der Waals surface area contributed by atoms with E-state index in [-0.39, 0.29) is 17.9 Å². The molecule has 1 aliphatic heterocycles. The summed E-state index contributed by atoms with van der Waals surface area (Å²) in [6, 6.07) is -0.102. The first-order valence-electron chi connectivity index (χ1n) is 5.35. The van der Waals surface area contributed by atoms with Crippen molar-refractivity contribution in [2.24, 2.45) is 5.92 Å². The molecule has 1 saturated carbocycles. The van der Waals surface area contributed by atoms with E-state index < -0.39 is 21.8 Å². The van der Waals surface area contributed by atoms with E-state index >= 15 is 0 Å². The minimum absolute atomic E-state index is 0.102. The molecule has 7 heteroatoms. The maximum Gasteiger partial charge on any atom is 0.240 e. The van der Waals surface area contributed by atoms with Gasteiger partial charge in [0.15, 0.2) is 0 Å². The van der Waals surface area contributed by atoms with E-state index in [0.29, 0.717) is 19.4 Å². The highest BCUT2D eigenvalue weighted by molar-refractivity contribution is 7.90. The van der Waals surface area contributed by atoms with Crippen molar-refractivity contribution in [3.63, 3.8) is 0 Å². The van der Waals surface area contributed by atoms with Gasteiger partial charge in [0.1, 0.15) is 0 Å². The van der Waals surface area contributed by atoms with Crippen LogP contribution in [0.4, 0.5) is 0 Å². The van der Waals surface area contributed by atoms with Crippen molar-refractivity contribution in [3.8, 4) is 0 Å². The Balaban J connectivity index is 1.97. The van der Waals surface area contributed by atoms with E-state index in [9.17, 15) is 13.2 Å². The second kappa shape index (κ2) is 4.31. The molecule has 1 saturated heterocycles. The number of amides is 1. The largest absolute Gasteiger partial charge is 0.379 e. The third-order valence-electron chi connectivity index (χ3n) is 2.99. The molecule has 0 aromatic heterocycles. The van der Waals surface area contributed by atoms with E-state index in [2.05, 4.69) is 10.0 Å². The number of sulfonamides is 1. The predicted molar refractivity (Wildman–Crippen MR) is 57.2 cm³/mol. The van der Waals surface area contributed by atoms with Gasteiger partial charge in [0.25, 0.3) is 0 Å². The Bertz CT molecular complexity index is 377. The van der Waals surface area contributed by atoms with Crippen LogP contribution in [0.1, 0.15) is 12.8 Å². The monoisotopic (exact) mass is 248 g/mol. The predicted octanol–water partition coefficient (Wildman–Crippen LogP) is -1.17. The molecule has 1 amide bonds. The number of nitrogens with one attached hydrogen (secondary N) is 2. The van der Waals surface area contributed by atoms with E-state index in [4.69, 9.17) is 4.74 Å². The molecule has 0 radical (unpaired) electrons. The molecular weight excluding hydrogens is 232 g/mol. The van der Waals surface area contributed by atoms with Crippen molar-refractivity contribution in [2.45, 2.75) is 24.1 Å². The maximum atomic E-state index is 11.8. The topological polar surface area (TPSA) is 84.5 Å². The third-order valence-corrected chi connectivity index (χ3v) is 4.83. The van der Waals surface area contributed by atoms with Gasteiger partial charge in [-0.3, -0.25) is 9.52 Å². The highest BCUT2D eigenvalue weighted by Gasteiger charge is 2.40. The lowest BCUT2D eigenvalue weighted by Gasteiger charge is -2.16. The van der Waals surface area contributed by atoms with Crippen LogP contribution in [0.15, 0.2) is 0 Å². The molecule has 0 aromatic carbocycles. The maximum absolute atomic E-state index is 11.8. The first-order chi connectivity index (χ1) is 7.54. The molecule has 16 heavy (non-hydrogen) atoms. The molecule has 2 aliphatic rings. The van der Waals surface area contributed by atoms with Gasteiger partial charge in [0, 0.05) is 6.04 Å². The van der Waals surface area contributed by atoms with Crippen LogP contribution in [0.3, 0.4) is 0 Å². The Morgan fingerprint density at radius 2 is 2.00 bits per heavy atom. The van der Waals surface area contributed by atoms with Crippen LogP contribution in [0.5, 0.6) is 0 Å². The highest BCUT2D eigenvalue weighted by atomic mass is 32.2. The summed E-state index contributed by atoms with van der Waals surface area (Å²) in [5.41, 5.74) is 0. The van der Waals surface area contributed by atoms with Crippen molar-refractivity contribution >= 4 is 15.9 Å². The van der Waals surface area contributed by atoms with Gasteiger partial charge in [-0.1, -0.05) is 0 Å². The lowest BCUT2D eigenvalue weighted by molar-refractivity contribution is -0.123. The normalized spacial score (nSPS) is 30.3. The molecule has 0 aromatic rings. The number of rotatable bonds is 4. The van der Waals surface area contributed by atoms with E-state index in [1.165, 1.54) is 0 Å². The molecule has 2 atom stereocenters. The Morgan fingerprint density at radius 3 is 2.56 bits per heavy atom. The Hall–Kier alpha value is -0.660. The van der Waals surface area contributed by atoms with Gasteiger partial charge >= 0.3 is 0 Å². The fourth-order valence-electron chi connectivity index (χ4n) is 1.77. The zero-order chi connectivity index (χ0) is 11.8. The van der Waals surface area contributed by atoms with Gasteiger partial charge in [-0.2, -0.15) is 0 Å². The molecule has 1 aliphatic carbocycles. The van der Waals surface area contributed by atoms with Crippen LogP contribution in [0.2, 0.25) is 0 Å². The number of carbonyl (C=O) groups is 1. The molecule has 1 heterocycles. The second-order valence-corrected chi connectivity index (χ2v) is 6.21. The minimum atomic E-state index is -3.44. The van der Waals surface area contributed by atoms with Crippen LogP contribution in [-0.2, 0) is 19.6 Å². The van der Waals surface area contributed by atoms with Gasteiger partial charge in [-0.25, -0.2) is 8.42 Å². The third kappa shape index (κ3) is 2.36. The average molecular weight is 248 g/mol. The minimum Gasteiger partial charge on any atom is -0.379 e. The van der Waals surface area contributed by atoms with Crippen molar-refractivity contribution in [1.29, 1.82) is 0 Å². The van der Waals surface area contributed by atoms with Crippen LogP contribution >= 0.6 is 0 Å². The van der Waals surface area contributed by atoms with Crippen molar-refractivity contribution in [2.75, 3.05) is 20.3 Å². The van der Waals surface area contributed by atoms with E-state index in [0.717, 1.165) is 0 Å². The molecule has 2 fully saturated rings. The van der Waals surface area contributed by atoms with E-state index in [1.807, 2.05) is 0 Å². The summed E-state index contributed by atoms with van der Waals surface area (Å²) in [6.07, 6.45) is 1.30. The number of hydrogen-bond donors (Lipinski definition) is 2. The van der Waals surface area contributed by atoms with Gasteiger partial charge in [0.05, 0.1) is 24.4 Å². The van der Waals surface area contributed by atoms with Crippen LogP contribution in [0, 0.1) is 5.92 Å². The van der Waals surface area contributed by atoms with Gasteiger partial charge in [-0.15, -0.1) is 0 Å². The molecular formula is C9H16N2O4S. The first kappa shape index (κ1) is 11.8. The molecule has 0 spiro atoms. The summed E-state index contributed by atoms with van der Waals surface area (Å²) in [5, 5.41) is 2.58. The summed E-state index contributed by atoms with van der Waals surface area (Å²) in [4.78, 5) is 11.8. The fraction of sp³-hybridized carbons (Fsp3) is 0.889. The van der Waals surface area contributed by atoms with Gasteiger partial charge in [0.2, 0.25) is 15.9 Å². The van der Waals surface area contributed by atoms with Crippen LogP contribution < -0.4 is 10.0 Å². The fourth-order valence-corrected chi connectivity index (χ4v) is 3.13. The molecule has 6 nitrogen and oxygen atoms in total. The summed E-state index contributed by atoms with van der Waals surface area (Å²) in [7, 11) is -1.71. The highest BCUT2D eigenvalue weighted by Crippen LogP contribution is 2.27. The quantitative estimate of drug-likeness (QED) is 0.655. The van der Waals surface area contributed by atoms with Gasteiger partial charge in [-0.05, 0) is 19.9 Å². The first-order valence-corrected chi connectivity index (χ1v) is 6.89. The van der Waals surface area contributed by atoms with Crippen molar-refractivity contribution in [3.05, 3.63) is 0 Å². The molecule has 2 unspecified atom stereocenters. The molecule has 92 valence electrons. The number of hydrogen-bond acceptors (Lipinski definition) is 5. The molecule has 2 rings (SSSR count). The smallest absolute Gasteiger partial charge is 0.240 e. The zero-order valence-corrected chi connectivity index (χ0v) is 9.92. The van der Waals surface area contributed by atoms with Crippen molar-refractivity contribution in [1.82, 2.24) is 10.0 Å². The number of ether oxygens (including phenoxy) is 1. The lowest BCUT2D eigenvalue weighted by atomic mass is 10.0. The van der Waals surface area contributed by atoms with E-state index in [1.54, 1.807) is 7.05 Å². The zero-order valence-electron chi connectivity index (χ0n) is 9.10. The number of carbonyl (C=O) groups excluding carboxylic acids is 1. The summed E-state index contributed by atoms with van der Waals surface area (Å²) >= 11 is 0. The van der Waals surface area contributed by atoms with Crippen molar-refractivity contribution < 1.29 is 17.9 Å². The molecule has 0 bridgehead atoms. The lowest BCUT2D eigenvalue weighted by Crippen LogP contribution is -2.45. The summed E-state index contributed by atoms with van der Waals surface area (Å²) < 4.78 is 30.4. The summed E-state index contributed by atoms with van der Waals surface area (Å²) in [6.45, 7) is 0.718. The standard InChI is InChI=1S/C9H16N2O4S/c1-10-8-5-15-4-7(8)9(12)11-16(13,14)6-2-3-6/h6-8,10H,2-5H2,1H3,(H,11,12). The average Bonchev–Trinajstić information content (AvgIpc) is 2.96. The van der Waals surface area contributed by atoms with Crippen LogP contribution in [-0.4, -0.2) is 45.9 Å². The Labute approximate surface area is 94.8 Å². The second-order valence-electron chi connectivity index (χ2n) is 4.25.